The summed E-state index contributed by atoms with van der Waals surface area (Å²) >= 11 is 1.66. The molecule has 0 unspecified atom stereocenters. The minimum Gasteiger partial charge on any atom is -0.340 e. The van der Waals surface area contributed by atoms with Crippen molar-refractivity contribution in [3.63, 3.8) is 0 Å². The average molecular weight is 223 g/mol. The smallest absolute Gasteiger partial charge is 0.246 e. The number of likely N-dealkylation sites (N-methyl/N-ethyl adjacent to an activating group) is 1. The Morgan fingerprint density at radius 1 is 1.47 bits per heavy atom. The molecule has 0 saturated heterocycles. The first kappa shape index (κ1) is 12.0. The molecule has 0 aliphatic rings. The Hall–Kier alpha value is -1.09. The Morgan fingerprint density at radius 2 is 2.13 bits per heavy atom. The first-order valence-electron chi connectivity index (χ1n) is 5.20. The van der Waals surface area contributed by atoms with Gasteiger partial charge in [-0.3, -0.25) is 4.79 Å². The molecular formula is C12H17NOS. The van der Waals surface area contributed by atoms with Crippen molar-refractivity contribution in [2.24, 2.45) is 0 Å². The number of amides is 1. The van der Waals surface area contributed by atoms with Gasteiger partial charge in [-0.15, -0.1) is 11.3 Å². The maximum atomic E-state index is 11.7. The van der Waals surface area contributed by atoms with E-state index >= 15 is 0 Å². The molecule has 0 atom stereocenters. The van der Waals surface area contributed by atoms with Crippen molar-refractivity contribution in [3.8, 4) is 0 Å². The van der Waals surface area contributed by atoms with Crippen LogP contribution < -0.4 is 0 Å². The normalized spacial score (nSPS) is 10.9. The minimum atomic E-state index is 0.0906. The lowest BCUT2D eigenvalue weighted by Crippen LogP contribution is -2.28. The number of rotatable bonds is 4. The fourth-order valence-corrected chi connectivity index (χ4v) is 2.16. The Bertz CT molecular complexity index is 350. The third kappa shape index (κ3) is 3.20. The van der Waals surface area contributed by atoms with Gasteiger partial charge in [0.2, 0.25) is 5.91 Å². The van der Waals surface area contributed by atoms with Crippen LogP contribution in [0.5, 0.6) is 0 Å². The summed E-state index contributed by atoms with van der Waals surface area (Å²) in [6.45, 7) is 7.57. The van der Waals surface area contributed by atoms with Crippen molar-refractivity contribution in [1.82, 2.24) is 4.90 Å². The van der Waals surface area contributed by atoms with E-state index in [1.165, 1.54) is 5.56 Å². The third-order valence-electron chi connectivity index (χ3n) is 2.35. The monoisotopic (exact) mass is 223 g/mol. The molecule has 1 aromatic rings. The van der Waals surface area contributed by atoms with Crippen molar-refractivity contribution in [2.45, 2.75) is 20.8 Å². The van der Waals surface area contributed by atoms with E-state index in [9.17, 15) is 4.79 Å². The molecule has 0 saturated carbocycles. The van der Waals surface area contributed by atoms with Gasteiger partial charge < -0.3 is 4.90 Å². The second-order valence-corrected chi connectivity index (χ2v) is 4.26. The van der Waals surface area contributed by atoms with Crippen LogP contribution in [0.2, 0.25) is 0 Å². The molecule has 1 amide bonds. The van der Waals surface area contributed by atoms with Gasteiger partial charge in [-0.05, 0) is 43.9 Å². The van der Waals surface area contributed by atoms with Crippen molar-refractivity contribution in [2.75, 3.05) is 13.1 Å². The van der Waals surface area contributed by atoms with Gasteiger partial charge in [-0.2, -0.15) is 0 Å². The van der Waals surface area contributed by atoms with Crippen LogP contribution in [-0.4, -0.2) is 23.9 Å². The van der Waals surface area contributed by atoms with Crippen LogP contribution in [0.4, 0.5) is 0 Å². The van der Waals surface area contributed by atoms with Crippen LogP contribution in [0.3, 0.4) is 0 Å². The Kier molecular flexibility index (Phi) is 4.56. The Labute approximate surface area is 95.2 Å². The van der Waals surface area contributed by atoms with Crippen LogP contribution in [0.1, 0.15) is 24.3 Å². The number of hydrogen-bond donors (Lipinski definition) is 0. The molecule has 0 aromatic carbocycles. The lowest BCUT2D eigenvalue weighted by molar-refractivity contribution is -0.125. The molecular weight excluding hydrogens is 206 g/mol. The van der Waals surface area contributed by atoms with E-state index in [1.54, 1.807) is 22.3 Å². The van der Waals surface area contributed by atoms with E-state index in [1.807, 2.05) is 25.3 Å². The molecule has 2 nitrogen and oxygen atoms in total. The summed E-state index contributed by atoms with van der Waals surface area (Å²) in [5, 5.41) is 2.04. The van der Waals surface area contributed by atoms with E-state index in [0.717, 1.165) is 18.0 Å². The van der Waals surface area contributed by atoms with Gasteiger partial charge in [0, 0.05) is 24.0 Å². The van der Waals surface area contributed by atoms with Crippen LogP contribution in [0.25, 0.3) is 6.08 Å². The maximum absolute atomic E-state index is 11.7. The fraction of sp³-hybridized carbons (Fsp3) is 0.417. The summed E-state index contributed by atoms with van der Waals surface area (Å²) in [5.74, 6) is 0.0906. The van der Waals surface area contributed by atoms with Gasteiger partial charge >= 0.3 is 0 Å². The number of thiophene rings is 1. The second-order valence-electron chi connectivity index (χ2n) is 3.31. The molecule has 82 valence electrons. The zero-order valence-corrected chi connectivity index (χ0v) is 10.3. The first-order chi connectivity index (χ1) is 7.19. The van der Waals surface area contributed by atoms with Crippen LogP contribution in [0, 0.1) is 6.92 Å². The summed E-state index contributed by atoms with van der Waals surface area (Å²) < 4.78 is 0. The standard InChI is InChI=1S/C12H17NOS/c1-4-13(5-2)12(14)7-6-11-10(3)8-9-15-11/h6-9H,4-5H2,1-3H3/b7-6+. The number of hydrogen-bond acceptors (Lipinski definition) is 2. The van der Waals surface area contributed by atoms with E-state index in [0.29, 0.717) is 0 Å². The zero-order chi connectivity index (χ0) is 11.3. The molecule has 0 fully saturated rings. The van der Waals surface area contributed by atoms with E-state index in [4.69, 9.17) is 0 Å². The van der Waals surface area contributed by atoms with Gasteiger partial charge in [-0.1, -0.05) is 0 Å². The highest BCUT2D eigenvalue weighted by Crippen LogP contribution is 2.17. The van der Waals surface area contributed by atoms with Crippen molar-refractivity contribution >= 4 is 23.3 Å². The summed E-state index contributed by atoms with van der Waals surface area (Å²) in [7, 11) is 0. The Balaban J connectivity index is 2.66. The lowest BCUT2D eigenvalue weighted by atomic mass is 10.2. The highest BCUT2D eigenvalue weighted by molar-refractivity contribution is 7.11. The molecule has 3 heteroatoms. The lowest BCUT2D eigenvalue weighted by Gasteiger charge is -2.15. The predicted octanol–water partition coefficient (Wildman–Crippen LogP) is 2.94. The first-order valence-corrected chi connectivity index (χ1v) is 6.08. The summed E-state index contributed by atoms with van der Waals surface area (Å²) in [5.41, 5.74) is 1.23. The zero-order valence-electron chi connectivity index (χ0n) is 9.49. The SMILES string of the molecule is CCN(CC)C(=O)/C=C/c1sccc1C. The van der Waals surface area contributed by atoms with Gasteiger partial charge in [0.05, 0.1) is 0 Å². The van der Waals surface area contributed by atoms with Gasteiger partial charge in [0.25, 0.3) is 0 Å². The third-order valence-corrected chi connectivity index (χ3v) is 3.34. The maximum Gasteiger partial charge on any atom is 0.246 e. The van der Waals surface area contributed by atoms with Crippen LogP contribution >= 0.6 is 11.3 Å². The van der Waals surface area contributed by atoms with Crippen molar-refractivity contribution < 1.29 is 4.79 Å². The summed E-state index contributed by atoms with van der Waals surface area (Å²) in [6.07, 6.45) is 3.56. The molecule has 1 heterocycles. The number of aryl methyl sites for hydroxylation is 1. The highest BCUT2D eigenvalue weighted by Gasteiger charge is 2.04. The molecule has 0 spiro atoms. The van der Waals surface area contributed by atoms with Crippen LogP contribution in [0.15, 0.2) is 17.5 Å². The molecule has 0 N–H and O–H groups in total. The molecule has 0 bridgehead atoms. The molecule has 1 rings (SSSR count). The minimum absolute atomic E-state index is 0.0906. The van der Waals surface area contributed by atoms with Crippen molar-refractivity contribution in [3.05, 3.63) is 28.0 Å². The van der Waals surface area contributed by atoms with Crippen LogP contribution in [-0.2, 0) is 4.79 Å². The van der Waals surface area contributed by atoms with Gasteiger partial charge in [-0.25, -0.2) is 0 Å². The second kappa shape index (κ2) is 5.71. The largest absolute Gasteiger partial charge is 0.340 e. The fourth-order valence-electron chi connectivity index (χ4n) is 1.34. The van der Waals surface area contributed by atoms with Gasteiger partial charge in [0.15, 0.2) is 0 Å². The topological polar surface area (TPSA) is 20.3 Å². The highest BCUT2D eigenvalue weighted by atomic mass is 32.1. The number of carbonyl (C=O) groups excluding carboxylic acids is 1. The number of nitrogens with zero attached hydrogens (tertiary/aromatic N) is 1. The van der Waals surface area contributed by atoms with E-state index in [-0.39, 0.29) is 5.91 Å². The summed E-state index contributed by atoms with van der Waals surface area (Å²) in [4.78, 5) is 14.6. The molecule has 0 aliphatic heterocycles. The molecule has 0 aliphatic carbocycles. The van der Waals surface area contributed by atoms with Gasteiger partial charge in [0.1, 0.15) is 0 Å². The summed E-state index contributed by atoms with van der Waals surface area (Å²) in [6, 6.07) is 2.06. The molecule has 15 heavy (non-hydrogen) atoms. The Morgan fingerprint density at radius 3 is 2.60 bits per heavy atom. The quantitative estimate of drug-likeness (QED) is 0.719. The van der Waals surface area contributed by atoms with Crippen molar-refractivity contribution in [1.29, 1.82) is 0 Å². The number of carbonyl (C=O) groups is 1. The average Bonchev–Trinajstić information content (AvgIpc) is 2.63. The predicted molar refractivity (Wildman–Crippen MR) is 66.0 cm³/mol. The molecule has 1 aromatic heterocycles. The van der Waals surface area contributed by atoms with E-state index < -0.39 is 0 Å². The molecule has 0 radical (unpaired) electrons. The van der Waals surface area contributed by atoms with E-state index in [2.05, 4.69) is 13.0 Å².